The van der Waals surface area contributed by atoms with E-state index < -0.39 is 0 Å². The van der Waals surface area contributed by atoms with Gasteiger partial charge in [0.05, 0.1) is 14.2 Å². The number of aldehydes is 1. The minimum Gasteiger partial charge on any atom is -0.493 e. The monoisotopic (exact) mass is 270 g/mol. The average molecular weight is 270 g/mol. The Morgan fingerprint density at radius 3 is 2.35 bits per heavy atom. The lowest BCUT2D eigenvalue weighted by molar-refractivity contribution is 0.112. The van der Waals surface area contributed by atoms with Crippen LogP contribution in [0.2, 0.25) is 0 Å². The highest BCUT2D eigenvalue weighted by atomic mass is 16.5. The Morgan fingerprint density at radius 2 is 1.75 bits per heavy atom. The van der Waals surface area contributed by atoms with Gasteiger partial charge in [-0.05, 0) is 42.7 Å². The maximum atomic E-state index is 11.4. The highest BCUT2D eigenvalue weighted by Crippen LogP contribution is 2.41. The Kier molecular flexibility index (Phi) is 4.08. The second-order valence-electron chi connectivity index (χ2n) is 4.63. The van der Waals surface area contributed by atoms with E-state index in [1.807, 2.05) is 32.0 Å². The summed E-state index contributed by atoms with van der Waals surface area (Å²) in [5.74, 6) is 1.21. The van der Waals surface area contributed by atoms with Crippen LogP contribution >= 0.6 is 0 Å². The van der Waals surface area contributed by atoms with E-state index in [1.165, 1.54) is 5.56 Å². The standard InChI is InChI=1S/C17H18O3/c1-11-6-5-7-14(12(11)2)16-13(10-18)8-9-15(19-3)17(16)20-4/h5-10H,1-4H3. The Labute approximate surface area is 119 Å². The van der Waals surface area contributed by atoms with Crippen LogP contribution in [0.15, 0.2) is 30.3 Å². The van der Waals surface area contributed by atoms with Gasteiger partial charge in [-0.15, -0.1) is 0 Å². The highest BCUT2D eigenvalue weighted by molar-refractivity contribution is 5.93. The van der Waals surface area contributed by atoms with Gasteiger partial charge in [-0.25, -0.2) is 0 Å². The molecule has 2 aromatic rings. The van der Waals surface area contributed by atoms with Crippen molar-refractivity contribution in [1.82, 2.24) is 0 Å². The lowest BCUT2D eigenvalue weighted by Gasteiger charge is -2.17. The zero-order chi connectivity index (χ0) is 14.7. The van der Waals surface area contributed by atoms with Crippen molar-refractivity contribution in [2.24, 2.45) is 0 Å². The third kappa shape index (κ3) is 2.27. The van der Waals surface area contributed by atoms with Crippen LogP contribution in [0.3, 0.4) is 0 Å². The molecule has 0 fully saturated rings. The van der Waals surface area contributed by atoms with Crippen molar-refractivity contribution in [3.63, 3.8) is 0 Å². The van der Waals surface area contributed by atoms with Gasteiger partial charge in [0.1, 0.15) is 0 Å². The van der Waals surface area contributed by atoms with Crippen molar-refractivity contribution in [3.05, 3.63) is 47.0 Å². The summed E-state index contributed by atoms with van der Waals surface area (Å²) in [6, 6.07) is 9.52. The number of aryl methyl sites for hydroxylation is 1. The zero-order valence-electron chi connectivity index (χ0n) is 12.2. The molecule has 0 saturated heterocycles. The smallest absolute Gasteiger partial charge is 0.169 e. The van der Waals surface area contributed by atoms with Gasteiger partial charge in [-0.1, -0.05) is 18.2 Å². The summed E-state index contributed by atoms with van der Waals surface area (Å²) in [6.45, 7) is 4.09. The number of rotatable bonds is 4. The zero-order valence-corrected chi connectivity index (χ0v) is 12.2. The molecule has 0 spiro atoms. The van der Waals surface area contributed by atoms with Gasteiger partial charge in [-0.2, -0.15) is 0 Å². The molecule has 0 aromatic heterocycles. The molecule has 0 aliphatic heterocycles. The van der Waals surface area contributed by atoms with Crippen LogP contribution in [-0.2, 0) is 0 Å². The summed E-state index contributed by atoms with van der Waals surface area (Å²) in [6.07, 6.45) is 0.846. The number of ether oxygens (including phenoxy) is 2. The molecule has 0 aliphatic carbocycles. The number of hydrogen-bond acceptors (Lipinski definition) is 3. The molecule has 0 bridgehead atoms. The first-order chi connectivity index (χ1) is 9.63. The first kappa shape index (κ1) is 14.1. The Hall–Kier alpha value is -2.29. The minimum atomic E-state index is 0.589. The topological polar surface area (TPSA) is 35.5 Å². The summed E-state index contributed by atoms with van der Waals surface area (Å²) in [5, 5.41) is 0. The highest BCUT2D eigenvalue weighted by Gasteiger charge is 2.18. The van der Waals surface area contributed by atoms with Crippen LogP contribution in [0.25, 0.3) is 11.1 Å². The van der Waals surface area contributed by atoms with Crippen LogP contribution in [-0.4, -0.2) is 20.5 Å². The largest absolute Gasteiger partial charge is 0.493 e. The molecule has 0 radical (unpaired) electrons. The summed E-state index contributed by atoms with van der Waals surface area (Å²) in [7, 11) is 3.17. The summed E-state index contributed by atoms with van der Waals surface area (Å²) < 4.78 is 10.8. The number of carbonyl (C=O) groups is 1. The molecule has 20 heavy (non-hydrogen) atoms. The first-order valence-corrected chi connectivity index (χ1v) is 6.40. The Balaban J connectivity index is 2.83. The second kappa shape index (κ2) is 5.78. The van der Waals surface area contributed by atoms with Crippen LogP contribution in [0.4, 0.5) is 0 Å². The molecule has 0 N–H and O–H groups in total. The van der Waals surface area contributed by atoms with Gasteiger partial charge in [-0.3, -0.25) is 4.79 Å². The fourth-order valence-electron chi connectivity index (χ4n) is 2.34. The molecule has 0 heterocycles. The van der Waals surface area contributed by atoms with Crippen molar-refractivity contribution >= 4 is 6.29 Å². The van der Waals surface area contributed by atoms with Crippen molar-refractivity contribution < 1.29 is 14.3 Å². The van der Waals surface area contributed by atoms with Crippen molar-refractivity contribution in [2.75, 3.05) is 14.2 Å². The molecule has 3 heteroatoms. The number of hydrogen-bond donors (Lipinski definition) is 0. The third-order valence-electron chi connectivity index (χ3n) is 3.58. The third-order valence-corrected chi connectivity index (χ3v) is 3.58. The van der Waals surface area contributed by atoms with E-state index in [-0.39, 0.29) is 0 Å². The predicted octanol–water partition coefficient (Wildman–Crippen LogP) is 3.80. The molecule has 2 rings (SSSR count). The van der Waals surface area contributed by atoms with Crippen molar-refractivity contribution in [1.29, 1.82) is 0 Å². The van der Waals surface area contributed by atoms with Crippen molar-refractivity contribution in [3.8, 4) is 22.6 Å². The Morgan fingerprint density at radius 1 is 1.00 bits per heavy atom. The lowest BCUT2D eigenvalue weighted by Crippen LogP contribution is -1.99. The van der Waals surface area contributed by atoms with Gasteiger partial charge in [0, 0.05) is 11.1 Å². The molecular formula is C17H18O3. The fourth-order valence-corrected chi connectivity index (χ4v) is 2.34. The maximum Gasteiger partial charge on any atom is 0.169 e. The average Bonchev–Trinajstić information content (AvgIpc) is 2.48. The van der Waals surface area contributed by atoms with Gasteiger partial charge in [0.25, 0.3) is 0 Å². The summed E-state index contributed by atoms with van der Waals surface area (Å²) >= 11 is 0. The second-order valence-corrected chi connectivity index (χ2v) is 4.63. The van der Waals surface area contributed by atoms with E-state index in [0.29, 0.717) is 17.1 Å². The fraction of sp³-hybridized carbons (Fsp3) is 0.235. The molecule has 2 aromatic carbocycles. The van der Waals surface area contributed by atoms with Crippen LogP contribution in [0.5, 0.6) is 11.5 Å². The van der Waals surface area contributed by atoms with E-state index in [0.717, 1.165) is 23.0 Å². The quantitative estimate of drug-likeness (QED) is 0.793. The Bertz CT molecular complexity index is 645. The minimum absolute atomic E-state index is 0.589. The van der Waals surface area contributed by atoms with E-state index in [9.17, 15) is 4.79 Å². The predicted molar refractivity (Wildman–Crippen MR) is 79.8 cm³/mol. The SMILES string of the molecule is COc1ccc(C=O)c(-c2cccc(C)c2C)c1OC. The first-order valence-electron chi connectivity index (χ1n) is 6.40. The molecule has 104 valence electrons. The van der Waals surface area contributed by atoms with E-state index >= 15 is 0 Å². The lowest BCUT2D eigenvalue weighted by atomic mass is 9.93. The number of benzene rings is 2. The van der Waals surface area contributed by atoms with Gasteiger partial charge in [0.2, 0.25) is 0 Å². The van der Waals surface area contributed by atoms with E-state index in [1.54, 1.807) is 26.4 Å². The molecule has 3 nitrogen and oxygen atoms in total. The van der Waals surface area contributed by atoms with E-state index in [4.69, 9.17) is 9.47 Å². The van der Waals surface area contributed by atoms with Crippen LogP contribution in [0.1, 0.15) is 21.5 Å². The van der Waals surface area contributed by atoms with Crippen molar-refractivity contribution in [2.45, 2.75) is 13.8 Å². The molecule has 0 aliphatic rings. The molecular weight excluding hydrogens is 252 g/mol. The molecule has 0 unspecified atom stereocenters. The summed E-state index contributed by atoms with van der Waals surface area (Å²) in [5.41, 5.74) is 4.66. The molecule has 0 saturated carbocycles. The van der Waals surface area contributed by atoms with Crippen LogP contribution in [0, 0.1) is 13.8 Å². The van der Waals surface area contributed by atoms with E-state index in [2.05, 4.69) is 0 Å². The van der Waals surface area contributed by atoms with Gasteiger partial charge < -0.3 is 9.47 Å². The number of methoxy groups -OCH3 is 2. The normalized spacial score (nSPS) is 10.2. The summed E-state index contributed by atoms with van der Waals surface area (Å²) in [4.78, 5) is 11.4. The number of carbonyl (C=O) groups excluding carboxylic acids is 1. The van der Waals surface area contributed by atoms with Crippen LogP contribution < -0.4 is 9.47 Å². The molecule has 0 atom stereocenters. The maximum absolute atomic E-state index is 11.4. The van der Waals surface area contributed by atoms with Gasteiger partial charge in [0.15, 0.2) is 17.8 Å². The molecule has 0 amide bonds. The van der Waals surface area contributed by atoms with Gasteiger partial charge >= 0.3 is 0 Å².